The van der Waals surface area contributed by atoms with E-state index in [-0.39, 0.29) is 5.56 Å². The van der Waals surface area contributed by atoms with E-state index in [1.807, 2.05) is 0 Å². The Labute approximate surface area is 119 Å². The molecule has 0 saturated carbocycles. The van der Waals surface area contributed by atoms with Crippen molar-refractivity contribution < 1.29 is 13.2 Å². The molecule has 0 radical (unpaired) electrons. The van der Waals surface area contributed by atoms with E-state index in [0.29, 0.717) is 11.3 Å². The van der Waals surface area contributed by atoms with Gasteiger partial charge in [0.25, 0.3) is 0 Å². The molecular formula is C16H11F3N2. The van der Waals surface area contributed by atoms with Crippen LogP contribution in [-0.4, -0.2) is 9.78 Å². The van der Waals surface area contributed by atoms with E-state index in [4.69, 9.17) is 0 Å². The number of nitrogens with zero attached hydrogens (tertiary/aromatic N) is 2. The quantitative estimate of drug-likeness (QED) is 0.676. The minimum absolute atomic E-state index is 0.149. The summed E-state index contributed by atoms with van der Waals surface area (Å²) >= 11 is 0. The van der Waals surface area contributed by atoms with Crippen molar-refractivity contribution in [1.29, 1.82) is 0 Å². The maximum absolute atomic E-state index is 13.2. The van der Waals surface area contributed by atoms with Crippen molar-refractivity contribution in [2.75, 3.05) is 0 Å². The Morgan fingerprint density at radius 2 is 1.48 bits per heavy atom. The van der Waals surface area contributed by atoms with E-state index in [2.05, 4.69) is 5.10 Å². The second-order valence-electron chi connectivity index (χ2n) is 4.51. The molecule has 0 bridgehead atoms. The molecule has 21 heavy (non-hydrogen) atoms. The van der Waals surface area contributed by atoms with Crippen LogP contribution in [0.25, 0.3) is 16.8 Å². The SMILES string of the molecule is FC(F)(F)c1ccccc1-c1ccccc1-n1cccn1. The number of rotatable bonds is 2. The molecule has 0 saturated heterocycles. The van der Waals surface area contributed by atoms with Crippen molar-refractivity contribution in [3.63, 3.8) is 0 Å². The van der Waals surface area contributed by atoms with Crippen molar-refractivity contribution in [2.45, 2.75) is 6.18 Å². The van der Waals surface area contributed by atoms with Gasteiger partial charge < -0.3 is 0 Å². The highest BCUT2D eigenvalue weighted by Crippen LogP contribution is 2.38. The predicted octanol–water partition coefficient (Wildman–Crippen LogP) is 4.56. The van der Waals surface area contributed by atoms with Gasteiger partial charge in [-0.3, -0.25) is 0 Å². The van der Waals surface area contributed by atoms with Crippen LogP contribution in [0, 0.1) is 0 Å². The van der Waals surface area contributed by atoms with Crippen molar-refractivity contribution in [3.05, 3.63) is 72.6 Å². The van der Waals surface area contributed by atoms with Gasteiger partial charge in [0.1, 0.15) is 0 Å². The van der Waals surface area contributed by atoms with Crippen molar-refractivity contribution >= 4 is 0 Å². The Hall–Kier alpha value is -2.56. The Morgan fingerprint density at radius 1 is 0.810 bits per heavy atom. The number of para-hydroxylation sites is 1. The molecule has 0 unspecified atom stereocenters. The fourth-order valence-electron chi connectivity index (χ4n) is 2.28. The average Bonchev–Trinajstić information content (AvgIpc) is 3.00. The minimum atomic E-state index is -4.40. The number of alkyl halides is 3. The summed E-state index contributed by atoms with van der Waals surface area (Å²) in [6.45, 7) is 0. The molecule has 2 nitrogen and oxygen atoms in total. The zero-order chi connectivity index (χ0) is 14.9. The first-order valence-electron chi connectivity index (χ1n) is 6.33. The van der Waals surface area contributed by atoms with Gasteiger partial charge in [-0.1, -0.05) is 36.4 Å². The van der Waals surface area contributed by atoms with Crippen molar-refractivity contribution in [2.24, 2.45) is 0 Å². The lowest BCUT2D eigenvalue weighted by molar-refractivity contribution is -0.137. The van der Waals surface area contributed by atoms with Gasteiger partial charge in [-0.2, -0.15) is 18.3 Å². The number of benzene rings is 2. The molecule has 0 N–H and O–H groups in total. The van der Waals surface area contributed by atoms with Crippen molar-refractivity contribution in [1.82, 2.24) is 9.78 Å². The summed E-state index contributed by atoms with van der Waals surface area (Å²) < 4.78 is 41.1. The van der Waals surface area contributed by atoms with Gasteiger partial charge in [0.05, 0.1) is 11.3 Å². The van der Waals surface area contributed by atoms with Crippen LogP contribution < -0.4 is 0 Å². The van der Waals surface area contributed by atoms with E-state index < -0.39 is 11.7 Å². The molecular weight excluding hydrogens is 277 g/mol. The lowest BCUT2D eigenvalue weighted by Crippen LogP contribution is -2.08. The van der Waals surface area contributed by atoms with Crippen LogP contribution in [0.1, 0.15) is 5.56 Å². The molecule has 3 aromatic rings. The zero-order valence-electron chi connectivity index (χ0n) is 10.9. The van der Waals surface area contributed by atoms with Crippen LogP contribution >= 0.6 is 0 Å². The van der Waals surface area contributed by atoms with Gasteiger partial charge in [0.2, 0.25) is 0 Å². The van der Waals surface area contributed by atoms with Crippen LogP contribution in [0.15, 0.2) is 67.0 Å². The summed E-state index contributed by atoms with van der Waals surface area (Å²) in [6, 6.07) is 14.2. The Morgan fingerprint density at radius 3 is 2.14 bits per heavy atom. The molecule has 3 rings (SSSR count). The molecule has 0 amide bonds. The van der Waals surface area contributed by atoms with Gasteiger partial charge in [0.15, 0.2) is 0 Å². The summed E-state index contributed by atoms with van der Waals surface area (Å²) in [7, 11) is 0. The topological polar surface area (TPSA) is 17.8 Å². The first kappa shape index (κ1) is 13.4. The van der Waals surface area contributed by atoms with E-state index in [1.165, 1.54) is 12.1 Å². The fourth-order valence-corrected chi connectivity index (χ4v) is 2.28. The first-order valence-corrected chi connectivity index (χ1v) is 6.33. The predicted molar refractivity (Wildman–Crippen MR) is 74.0 cm³/mol. The monoisotopic (exact) mass is 288 g/mol. The first-order chi connectivity index (χ1) is 10.1. The highest BCUT2D eigenvalue weighted by atomic mass is 19.4. The summed E-state index contributed by atoms with van der Waals surface area (Å²) in [5.41, 5.74) is 0.606. The third kappa shape index (κ3) is 2.54. The molecule has 1 heterocycles. The third-order valence-corrected chi connectivity index (χ3v) is 3.18. The smallest absolute Gasteiger partial charge is 0.240 e. The van der Waals surface area contributed by atoms with E-state index >= 15 is 0 Å². The Bertz CT molecular complexity index is 746. The summed E-state index contributed by atoms with van der Waals surface area (Å²) in [4.78, 5) is 0. The lowest BCUT2D eigenvalue weighted by atomic mass is 9.98. The van der Waals surface area contributed by atoms with Gasteiger partial charge in [0, 0.05) is 18.0 Å². The van der Waals surface area contributed by atoms with Gasteiger partial charge in [-0.25, -0.2) is 4.68 Å². The van der Waals surface area contributed by atoms with E-state index in [0.717, 1.165) is 6.07 Å². The van der Waals surface area contributed by atoms with Crippen LogP contribution in [-0.2, 0) is 6.18 Å². The van der Waals surface area contributed by atoms with Gasteiger partial charge in [-0.05, 0) is 23.8 Å². The molecule has 0 fully saturated rings. The minimum Gasteiger partial charge on any atom is -0.240 e. The number of hydrogen-bond acceptors (Lipinski definition) is 1. The highest BCUT2D eigenvalue weighted by Gasteiger charge is 2.33. The summed E-state index contributed by atoms with van der Waals surface area (Å²) in [5, 5.41) is 4.10. The molecule has 0 aliphatic heterocycles. The second kappa shape index (κ2) is 5.09. The van der Waals surface area contributed by atoms with E-state index in [1.54, 1.807) is 53.5 Å². The largest absolute Gasteiger partial charge is 0.417 e. The Balaban J connectivity index is 2.24. The number of halogens is 3. The van der Waals surface area contributed by atoms with E-state index in [9.17, 15) is 13.2 Å². The summed E-state index contributed by atoms with van der Waals surface area (Å²) in [6.07, 6.45) is -1.10. The van der Waals surface area contributed by atoms with Crippen LogP contribution in [0.3, 0.4) is 0 Å². The maximum Gasteiger partial charge on any atom is 0.417 e. The van der Waals surface area contributed by atoms with Crippen LogP contribution in [0.5, 0.6) is 0 Å². The molecule has 106 valence electrons. The van der Waals surface area contributed by atoms with Gasteiger partial charge in [-0.15, -0.1) is 0 Å². The fraction of sp³-hybridized carbons (Fsp3) is 0.0625. The van der Waals surface area contributed by atoms with Crippen molar-refractivity contribution in [3.8, 4) is 16.8 Å². The normalized spacial score (nSPS) is 11.6. The molecule has 0 spiro atoms. The van der Waals surface area contributed by atoms with Crippen LogP contribution in [0.4, 0.5) is 13.2 Å². The van der Waals surface area contributed by atoms with Crippen LogP contribution in [0.2, 0.25) is 0 Å². The van der Waals surface area contributed by atoms with Gasteiger partial charge >= 0.3 is 6.18 Å². The highest BCUT2D eigenvalue weighted by molar-refractivity contribution is 5.75. The summed E-state index contributed by atoms with van der Waals surface area (Å²) in [5.74, 6) is 0. The molecule has 1 aromatic heterocycles. The maximum atomic E-state index is 13.2. The Kier molecular flexibility index (Phi) is 3.25. The lowest BCUT2D eigenvalue weighted by Gasteiger charge is -2.15. The number of hydrogen-bond donors (Lipinski definition) is 0. The zero-order valence-corrected chi connectivity index (χ0v) is 10.9. The second-order valence-corrected chi connectivity index (χ2v) is 4.51. The molecule has 2 aromatic carbocycles. The molecule has 5 heteroatoms. The molecule has 0 aliphatic rings. The number of aromatic nitrogens is 2. The molecule has 0 atom stereocenters. The average molecular weight is 288 g/mol. The third-order valence-electron chi connectivity index (χ3n) is 3.18. The standard InChI is InChI=1S/C16H11F3N2/c17-16(18,19)14-8-3-1-6-12(14)13-7-2-4-9-15(13)21-11-5-10-20-21/h1-11H. The molecule has 0 aliphatic carbocycles.